The summed E-state index contributed by atoms with van der Waals surface area (Å²) in [4.78, 5) is 21.1. The summed E-state index contributed by atoms with van der Waals surface area (Å²) in [5.74, 6) is 1.66. The molecule has 0 bridgehead atoms. The summed E-state index contributed by atoms with van der Waals surface area (Å²) in [6.45, 7) is 5.63. The van der Waals surface area contributed by atoms with Crippen LogP contribution in [-0.4, -0.2) is 75.1 Å². The van der Waals surface area contributed by atoms with Crippen LogP contribution in [0.1, 0.15) is 17.7 Å². The number of ether oxygens (including phenoxy) is 1. The largest absolute Gasteiger partial charge is 0.378 e. The fourth-order valence-corrected chi connectivity index (χ4v) is 4.58. The molecule has 1 aromatic carbocycles. The number of hydrogen-bond donors (Lipinski definition) is 0. The predicted octanol–water partition coefficient (Wildman–Crippen LogP) is 2.97. The van der Waals surface area contributed by atoms with E-state index in [2.05, 4.69) is 30.0 Å². The number of nitrogens with zero attached hydrogens (tertiary/aromatic N) is 7. The third-order valence-corrected chi connectivity index (χ3v) is 6.59. The zero-order valence-electron chi connectivity index (χ0n) is 19.9. The molecule has 0 aliphatic carbocycles. The normalized spacial score (nSPS) is 16.7. The van der Waals surface area contributed by atoms with Gasteiger partial charge >= 0.3 is 0 Å². The Kier molecular flexibility index (Phi) is 5.33. The minimum Gasteiger partial charge on any atom is -0.378 e. The van der Waals surface area contributed by atoms with Gasteiger partial charge in [-0.05, 0) is 31.1 Å². The highest BCUT2D eigenvalue weighted by Gasteiger charge is 2.22. The first-order valence-electron chi connectivity index (χ1n) is 11.9. The Morgan fingerprint density at radius 3 is 2.63 bits per heavy atom. The van der Waals surface area contributed by atoms with Gasteiger partial charge in [-0.1, -0.05) is 23.8 Å². The second-order valence-electron chi connectivity index (χ2n) is 9.07. The van der Waals surface area contributed by atoms with Crippen molar-refractivity contribution in [2.75, 3.05) is 44.8 Å². The van der Waals surface area contributed by atoms with E-state index in [4.69, 9.17) is 19.9 Å². The van der Waals surface area contributed by atoms with Gasteiger partial charge in [0.25, 0.3) is 0 Å². The van der Waals surface area contributed by atoms with Crippen LogP contribution in [0.25, 0.3) is 28.3 Å². The fourth-order valence-electron chi connectivity index (χ4n) is 4.58. The monoisotopic (exact) mass is 469 g/mol. The zero-order valence-corrected chi connectivity index (χ0v) is 19.9. The lowest BCUT2D eigenvalue weighted by atomic mass is 10.1. The number of hydrogen-bond acceptors (Lipinski definition) is 6. The Balaban J connectivity index is 1.44. The van der Waals surface area contributed by atoms with Gasteiger partial charge in [-0.3, -0.25) is 4.79 Å². The van der Waals surface area contributed by atoms with Crippen LogP contribution in [0.3, 0.4) is 0 Å². The van der Waals surface area contributed by atoms with Crippen molar-refractivity contribution in [1.82, 2.24) is 29.3 Å². The van der Waals surface area contributed by atoms with Crippen molar-refractivity contribution in [2.45, 2.75) is 13.3 Å². The molecule has 0 spiro atoms. The van der Waals surface area contributed by atoms with Crippen molar-refractivity contribution < 1.29 is 9.53 Å². The topological polar surface area (TPSA) is 80.8 Å². The van der Waals surface area contributed by atoms with Crippen LogP contribution < -0.4 is 4.90 Å². The molecule has 5 heterocycles. The lowest BCUT2D eigenvalue weighted by Crippen LogP contribution is -2.37. The van der Waals surface area contributed by atoms with Gasteiger partial charge in [-0.25, -0.2) is 9.67 Å². The minimum atomic E-state index is 0.00516. The Morgan fingerprint density at radius 2 is 1.83 bits per heavy atom. The summed E-state index contributed by atoms with van der Waals surface area (Å²) in [5.41, 5.74) is 5.61. The van der Waals surface area contributed by atoms with Gasteiger partial charge in [0.2, 0.25) is 5.91 Å². The molecule has 178 valence electrons. The quantitative estimate of drug-likeness (QED) is 0.457. The van der Waals surface area contributed by atoms with Gasteiger partial charge in [0, 0.05) is 56.7 Å². The highest BCUT2D eigenvalue weighted by molar-refractivity contribution is 5.96. The Morgan fingerprint density at radius 1 is 0.971 bits per heavy atom. The molecule has 0 N–H and O–H groups in total. The Bertz CT molecular complexity index is 1450. The number of aromatic nitrogens is 5. The number of fused-ring (bicyclic) bond motifs is 1. The molecular formula is C26H27N7O2. The Hall–Kier alpha value is -3.98. The first kappa shape index (κ1) is 21.5. The molecule has 1 saturated heterocycles. The number of carbonyl (C=O) groups excluding carboxylic acids is 1. The molecule has 0 radical (unpaired) electrons. The third-order valence-electron chi connectivity index (χ3n) is 6.59. The smallest absolute Gasteiger partial charge is 0.246 e. The van der Waals surface area contributed by atoms with E-state index in [0.717, 1.165) is 59.3 Å². The molecule has 2 aliphatic rings. The molecule has 9 nitrogen and oxygen atoms in total. The number of benzene rings is 1. The maximum absolute atomic E-state index is 12.3. The van der Waals surface area contributed by atoms with Crippen LogP contribution in [0, 0.1) is 6.92 Å². The summed E-state index contributed by atoms with van der Waals surface area (Å²) in [6.07, 6.45) is 4.39. The molecule has 4 aromatic rings. The first-order chi connectivity index (χ1) is 17.0. The third kappa shape index (κ3) is 4.08. The van der Waals surface area contributed by atoms with Crippen LogP contribution in [0.15, 0.2) is 54.7 Å². The summed E-state index contributed by atoms with van der Waals surface area (Å²) in [7, 11) is 1.82. The van der Waals surface area contributed by atoms with E-state index in [-0.39, 0.29) is 5.91 Å². The van der Waals surface area contributed by atoms with Crippen LogP contribution in [0.2, 0.25) is 0 Å². The molecule has 6 rings (SSSR count). The average Bonchev–Trinajstić information content (AvgIpc) is 3.53. The van der Waals surface area contributed by atoms with Crippen LogP contribution in [0.4, 0.5) is 5.82 Å². The second-order valence-corrected chi connectivity index (χ2v) is 9.07. The molecule has 1 amide bonds. The highest BCUT2D eigenvalue weighted by atomic mass is 16.5. The van der Waals surface area contributed by atoms with E-state index in [1.165, 1.54) is 5.56 Å². The van der Waals surface area contributed by atoms with Crippen LogP contribution >= 0.6 is 0 Å². The highest BCUT2D eigenvalue weighted by Crippen LogP contribution is 2.27. The average molecular weight is 470 g/mol. The molecule has 3 aromatic heterocycles. The lowest BCUT2D eigenvalue weighted by Gasteiger charge is -2.29. The van der Waals surface area contributed by atoms with Crippen molar-refractivity contribution in [3.05, 3.63) is 66.0 Å². The van der Waals surface area contributed by atoms with Crippen LogP contribution in [-0.2, 0) is 9.53 Å². The number of rotatable bonds is 4. The van der Waals surface area contributed by atoms with Gasteiger partial charge in [0.15, 0.2) is 11.5 Å². The summed E-state index contributed by atoms with van der Waals surface area (Å²) >= 11 is 0. The van der Waals surface area contributed by atoms with E-state index in [1.807, 2.05) is 46.7 Å². The van der Waals surface area contributed by atoms with Gasteiger partial charge in [-0.15, -0.1) is 0 Å². The number of aryl methyl sites for hydroxylation is 1. The SMILES string of the molecule is Cc1cccc(-c2ccn(-c3cc(N4CCOCC4)n4nc(C5=CC(=O)N(C)CC5)cc4n3)n2)c1. The number of amides is 1. The lowest BCUT2D eigenvalue weighted by molar-refractivity contribution is -0.125. The van der Waals surface area contributed by atoms with Crippen molar-refractivity contribution in [3.63, 3.8) is 0 Å². The maximum Gasteiger partial charge on any atom is 0.246 e. The summed E-state index contributed by atoms with van der Waals surface area (Å²) in [6, 6.07) is 14.3. The van der Waals surface area contributed by atoms with Crippen molar-refractivity contribution >= 4 is 22.9 Å². The van der Waals surface area contributed by atoms with Gasteiger partial charge in [0.05, 0.1) is 24.6 Å². The molecule has 0 saturated carbocycles. The summed E-state index contributed by atoms with van der Waals surface area (Å²) in [5, 5.41) is 9.69. The standard InChI is InChI=1S/C26H27N7O2/c1-18-4-3-5-19(14-18)21-7-9-32(28-21)23-17-25(31-10-12-35-13-11-31)33-24(27-23)16-22(29-33)20-6-8-30(2)26(34)15-20/h3-5,7,9,14-17H,6,8,10-13H2,1-2H3. The van der Waals surface area contributed by atoms with E-state index in [1.54, 1.807) is 11.0 Å². The van der Waals surface area contributed by atoms with Gasteiger partial charge < -0.3 is 14.5 Å². The van der Waals surface area contributed by atoms with Crippen molar-refractivity contribution in [1.29, 1.82) is 0 Å². The van der Waals surface area contributed by atoms with Crippen molar-refractivity contribution in [2.24, 2.45) is 0 Å². The second kappa shape index (κ2) is 8.66. The molecule has 2 aliphatic heterocycles. The van der Waals surface area contributed by atoms with E-state index in [9.17, 15) is 4.79 Å². The van der Waals surface area contributed by atoms with E-state index >= 15 is 0 Å². The molecule has 1 fully saturated rings. The summed E-state index contributed by atoms with van der Waals surface area (Å²) < 4.78 is 9.26. The Labute approximate surface area is 203 Å². The van der Waals surface area contributed by atoms with Gasteiger partial charge in [0.1, 0.15) is 5.82 Å². The van der Waals surface area contributed by atoms with Gasteiger partial charge in [-0.2, -0.15) is 14.7 Å². The molecule has 35 heavy (non-hydrogen) atoms. The van der Waals surface area contributed by atoms with Crippen molar-refractivity contribution in [3.8, 4) is 17.1 Å². The predicted molar refractivity (Wildman–Crippen MR) is 134 cm³/mol. The number of anilines is 1. The minimum absolute atomic E-state index is 0.00516. The molecular weight excluding hydrogens is 442 g/mol. The maximum atomic E-state index is 12.3. The fraction of sp³-hybridized carbons (Fsp3) is 0.308. The zero-order chi connectivity index (χ0) is 23.9. The van der Waals surface area contributed by atoms with E-state index in [0.29, 0.717) is 19.8 Å². The molecule has 0 atom stereocenters. The number of likely N-dealkylation sites (N-methyl/N-ethyl adjacent to an activating group) is 1. The molecule has 9 heteroatoms. The van der Waals surface area contributed by atoms with Crippen LogP contribution in [0.5, 0.6) is 0 Å². The molecule has 0 unspecified atom stereocenters. The van der Waals surface area contributed by atoms with E-state index < -0.39 is 0 Å². The number of carbonyl (C=O) groups is 1. The number of morpholine rings is 1. The first-order valence-corrected chi connectivity index (χ1v) is 11.9.